The van der Waals surface area contributed by atoms with Gasteiger partial charge in [-0.05, 0) is 44.2 Å². The average Bonchev–Trinajstić information content (AvgIpc) is 3.14. The number of rotatable bonds is 12. The molecule has 0 amide bonds. The predicted octanol–water partition coefficient (Wildman–Crippen LogP) is 3.47. The maximum Gasteiger partial charge on any atom is 0.361 e. The predicted molar refractivity (Wildman–Crippen MR) is 200 cm³/mol. The van der Waals surface area contributed by atoms with Crippen LogP contribution >= 0.6 is 0 Å². The van der Waals surface area contributed by atoms with Gasteiger partial charge in [-0.25, -0.2) is 10.2 Å². The minimum Gasteiger partial charge on any atom is -0.489 e. The van der Waals surface area contributed by atoms with E-state index in [1.165, 1.54) is 0 Å². The summed E-state index contributed by atoms with van der Waals surface area (Å²) in [6, 6.07) is 13.5. The number of anilines is 3. The smallest absolute Gasteiger partial charge is 0.361 e. The van der Waals surface area contributed by atoms with Crippen LogP contribution in [0.5, 0.6) is 5.75 Å². The summed E-state index contributed by atoms with van der Waals surface area (Å²) < 4.78 is 45.7. The third-order valence-corrected chi connectivity index (χ3v) is 8.28. The molecule has 2 heterocycles. The van der Waals surface area contributed by atoms with Crippen LogP contribution in [-0.4, -0.2) is 120 Å². The topological polar surface area (TPSA) is 143 Å². The Kier molecular flexibility index (Phi) is 17.3. The number of fused-ring (bicyclic) bond motifs is 1. The molecule has 1 aliphatic heterocycles. The van der Waals surface area contributed by atoms with Crippen molar-refractivity contribution in [2.24, 2.45) is 5.73 Å². The van der Waals surface area contributed by atoms with Crippen LogP contribution in [0.15, 0.2) is 57.9 Å². The van der Waals surface area contributed by atoms with Gasteiger partial charge in [0.25, 0.3) is 0 Å². The summed E-state index contributed by atoms with van der Waals surface area (Å²) in [6.07, 6.45) is 1.66. The van der Waals surface area contributed by atoms with Crippen molar-refractivity contribution in [3.63, 3.8) is 0 Å². The third-order valence-electron chi connectivity index (χ3n) is 8.28. The fourth-order valence-corrected chi connectivity index (χ4v) is 5.50. The Bertz CT molecular complexity index is 1530. The molecule has 0 unspecified atom stereocenters. The van der Waals surface area contributed by atoms with Crippen LogP contribution in [0.25, 0.3) is 16.7 Å². The van der Waals surface area contributed by atoms with Gasteiger partial charge in [-0.1, -0.05) is 6.07 Å². The van der Waals surface area contributed by atoms with Gasteiger partial charge in [-0.15, -0.1) is 0 Å². The van der Waals surface area contributed by atoms with Crippen molar-refractivity contribution < 1.29 is 37.6 Å². The van der Waals surface area contributed by atoms with E-state index in [1.54, 1.807) is 31.4 Å². The highest BCUT2D eigenvalue weighted by molar-refractivity contribution is 5.83. The Balaban J connectivity index is 1.57. The zero-order valence-corrected chi connectivity index (χ0v) is 30.5. The lowest BCUT2D eigenvalue weighted by molar-refractivity contribution is -0.0116. The maximum atomic E-state index is 13.2. The van der Waals surface area contributed by atoms with Crippen LogP contribution < -0.4 is 36.3 Å². The second kappa shape index (κ2) is 22.1. The number of ether oxygens (including phenoxy) is 7. The van der Waals surface area contributed by atoms with Crippen LogP contribution in [0, 0.1) is 0 Å². The van der Waals surface area contributed by atoms with Gasteiger partial charge >= 0.3 is 5.63 Å². The van der Waals surface area contributed by atoms with Gasteiger partial charge in [0.2, 0.25) is 0 Å². The quantitative estimate of drug-likeness (QED) is 0.161. The largest absolute Gasteiger partial charge is 0.489 e. The van der Waals surface area contributed by atoms with Crippen LogP contribution in [-0.2, 0) is 28.4 Å². The van der Waals surface area contributed by atoms with Gasteiger partial charge in [-0.3, -0.25) is 5.01 Å². The second-order valence-electron chi connectivity index (χ2n) is 11.6. The highest BCUT2D eigenvalue weighted by Crippen LogP contribution is 2.32. The number of hydrogen-bond donors (Lipinski definition) is 2. The molecule has 1 saturated heterocycles. The van der Waals surface area contributed by atoms with E-state index in [4.69, 9.17) is 43.3 Å². The first-order valence-corrected chi connectivity index (χ1v) is 17.7. The summed E-state index contributed by atoms with van der Waals surface area (Å²) >= 11 is 0. The van der Waals surface area contributed by atoms with Gasteiger partial charge in [-0.2, -0.15) is 0 Å². The van der Waals surface area contributed by atoms with E-state index in [0.717, 1.165) is 29.9 Å². The lowest BCUT2D eigenvalue weighted by atomic mass is 10.1. The Morgan fingerprint density at radius 3 is 2.02 bits per heavy atom. The minimum absolute atomic E-state index is 0.296. The lowest BCUT2D eigenvalue weighted by Crippen LogP contribution is -2.34. The molecule has 14 nitrogen and oxygen atoms in total. The molecule has 3 aromatic rings. The van der Waals surface area contributed by atoms with Crippen molar-refractivity contribution in [3.8, 4) is 5.75 Å². The summed E-state index contributed by atoms with van der Waals surface area (Å²) in [5.74, 6) is 0.625. The van der Waals surface area contributed by atoms with Gasteiger partial charge < -0.3 is 53.1 Å². The third kappa shape index (κ3) is 12.4. The van der Waals surface area contributed by atoms with E-state index < -0.39 is 5.63 Å². The zero-order chi connectivity index (χ0) is 36.3. The first-order chi connectivity index (χ1) is 25.0. The molecule has 1 fully saturated rings. The molecule has 282 valence electrons. The van der Waals surface area contributed by atoms with Crippen LogP contribution in [0.3, 0.4) is 0 Å². The van der Waals surface area contributed by atoms with Crippen LogP contribution in [0.2, 0.25) is 0 Å². The summed E-state index contributed by atoms with van der Waals surface area (Å²) in [7, 11) is 3.34. The van der Waals surface area contributed by atoms with E-state index in [-0.39, 0.29) is 0 Å². The molecule has 0 radical (unpaired) electrons. The van der Waals surface area contributed by atoms with Crippen LogP contribution in [0.4, 0.5) is 17.1 Å². The number of benzene rings is 2. The first-order valence-electron chi connectivity index (χ1n) is 17.7. The maximum absolute atomic E-state index is 13.2. The molecule has 1 aliphatic rings. The average molecular weight is 714 g/mol. The van der Waals surface area contributed by atoms with Crippen molar-refractivity contribution in [1.29, 1.82) is 0 Å². The van der Waals surface area contributed by atoms with Crippen molar-refractivity contribution >= 4 is 33.7 Å². The van der Waals surface area contributed by atoms with Crippen LogP contribution in [0.1, 0.15) is 19.4 Å². The molecule has 3 N–H and O–H groups in total. The Labute approximate surface area is 300 Å². The highest BCUT2D eigenvalue weighted by atomic mass is 16.6. The molecule has 2 aromatic carbocycles. The van der Waals surface area contributed by atoms with Crippen molar-refractivity contribution in [2.45, 2.75) is 13.8 Å². The Morgan fingerprint density at radius 1 is 0.843 bits per heavy atom. The molecular formula is C37H55N5O9. The Morgan fingerprint density at radius 2 is 1.45 bits per heavy atom. The van der Waals surface area contributed by atoms with Crippen molar-refractivity contribution in [3.05, 3.63) is 64.6 Å². The van der Waals surface area contributed by atoms with Crippen molar-refractivity contribution in [1.82, 2.24) is 5.43 Å². The fourth-order valence-electron chi connectivity index (χ4n) is 5.50. The summed E-state index contributed by atoms with van der Waals surface area (Å²) in [5.41, 5.74) is 13.0. The molecular weight excluding hydrogens is 658 g/mol. The molecule has 1 aromatic heterocycles. The normalized spacial score (nSPS) is 16.4. The number of hydrazine groups is 1. The summed E-state index contributed by atoms with van der Waals surface area (Å²) in [6.45, 7) is 12.7. The number of nitrogens with two attached hydrogens (primary N) is 1. The van der Waals surface area contributed by atoms with Gasteiger partial charge in [0.15, 0.2) is 0 Å². The fraction of sp³-hybridized carbons (Fsp3) is 0.541. The molecule has 0 bridgehead atoms. The number of hydrogen-bond acceptors (Lipinski definition) is 14. The minimum atomic E-state index is -0.494. The first kappa shape index (κ1) is 39.9. The number of methoxy groups -OCH3 is 1. The molecule has 0 spiro atoms. The van der Waals surface area contributed by atoms with E-state index in [2.05, 4.69) is 29.1 Å². The molecule has 14 heteroatoms. The lowest BCUT2D eigenvalue weighted by Gasteiger charge is -2.27. The van der Waals surface area contributed by atoms with E-state index in [1.807, 2.05) is 36.4 Å². The van der Waals surface area contributed by atoms with Gasteiger partial charge in [0.05, 0.1) is 84.1 Å². The molecule has 51 heavy (non-hydrogen) atoms. The van der Waals surface area contributed by atoms with E-state index in [0.29, 0.717) is 121 Å². The highest BCUT2D eigenvalue weighted by Gasteiger charge is 2.17. The number of nitrogens with zero attached hydrogens (tertiary/aromatic N) is 3. The van der Waals surface area contributed by atoms with E-state index >= 15 is 0 Å². The van der Waals surface area contributed by atoms with E-state index in [9.17, 15) is 4.79 Å². The standard InChI is InChI=1S/C37H55N5O9/c1-5-40(6-2)31-9-7-30-25-34(37(43)51-35(30)27-31)42(39-3)28-32(38)29-8-10-33(36(26-29)50-24-15-44-4)41-11-13-45-16-18-47-20-22-49-23-21-48-19-17-46-14-12-41/h7-10,25-28,39H,5-6,11-24,38H2,1-4H3/b32-28-. The second-order valence-corrected chi connectivity index (χ2v) is 11.6. The SMILES string of the molecule is CCN(CC)c1ccc2cc(N(/C=C(\N)c3ccc(N4CCOCCOCCOCCOCCOCC4)c(OCCOC)c3)NC)c(=O)oc2c1. The molecule has 0 saturated carbocycles. The molecule has 0 atom stereocenters. The number of nitrogens with one attached hydrogen (secondary N) is 1. The zero-order valence-electron chi connectivity index (χ0n) is 30.5. The van der Waals surface area contributed by atoms with Crippen molar-refractivity contribution in [2.75, 3.05) is 134 Å². The molecule has 4 rings (SSSR count). The molecule has 0 aliphatic carbocycles. The summed E-state index contributed by atoms with van der Waals surface area (Å²) in [5, 5.41) is 2.35. The summed E-state index contributed by atoms with van der Waals surface area (Å²) in [4.78, 5) is 17.6. The monoisotopic (exact) mass is 713 g/mol. The van der Waals surface area contributed by atoms with Gasteiger partial charge in [0.1, 0.15) is 23.6 Å². The Hall–Kier alpha value is -3.89. The van der Waals surface area contributed by atoms with Gasteiger partial charge in [0, 0.05) is 69.2 Å².